The highest BCUT2D eigenvalue weighted by atomic mass is 79.9. The molecule has 1 aromatic rings. The zero-order valence-electron chi connectivity index (χ0n) is 11.0. The summed E-state index contributed by atoms with van der Waals surface area (Å²) in [7, 11) is 0. The van der Waals surface area contributed by atoms with E-state index in [1.165, 1.54) is 24.8 Å². The first kappa shape index (κ1) is 14.5. The van der Waals surface area contributed by atoms with Gasteiger partial charge in [-0.1, -0.05) is 52.1 Å². The maximum Gasteiger partial charge on any atom is 0.0335 e. The summed E-state index contributed by atoms with van der Waals surface area (Å²) in [5, 5.41) is 0. The highest BCUT2D eigenvalue weighted by Gasteiger charge is 2.29. The second-order valence-electron chi connectivity index (χ2n) is 5.72. The molecule has 1 saturated carbocycles. The smallest absolute Gasteiger partial charge is 0.0335 e. The van der Waals surface area contributed by atoms with Gasteiger partial charge in [0.05, 0.1) is 0 Å². The van der Waals surface area contributed by atoms with Gasteiger partial charge in [0, 0.05) is 15.0 Å². The van der Waals surface area contributed by atoms with Gasteiger partial charge in [-0.15, -0.1) is 0 Å². The molecule has 0 saturated heterocycles. The molecule has 4 atom stereocenters. The van der Waals surface area contributed by atoms with Gasteiger partial charge in [-0.2, -0.15) is 0 Å². The number of benzene rings is 1. The van der Waals surface area contributed by atoms with Gasteiger partial charge in [0.2, 0.25) is 0 Å². The Morgan fingerprint density at radius 2 is 1.89 bits per heavy atom. The molecule has 0 aromatic heterocycles. The predicted octanol–water partition coefficient (Wildman–Crippen LogP) is 5.28. The molecule has 1 fully saturated rings. The molecule has 3 heteroatoms. The molecule has 1 nitrogen and oxygen atoms in total. The Bertz CT molecular complexity index is 419. The highest BCUT2D eigenvalue weighted by Crippen LogP contribution is 2.40. The molecule has 2 N–H and O–H groups in total. The Labute approximate surface area is 127 Å². The second-order valence-corrected chi connectivity index (χ2v) is 7.49. The van der Waals surface area contributed by atoms with E-state index in [0.29, 0.717) is 5.92 Å². The van der Waals surface area contributed by atoms with E-state index in [1.807, 2.05) is 6.07 Å². The fourth-order valence-electron chi connectivity index (χ4n) is 2.94. The van der Waals surface area contributed by atoms with Crippen LogP contribution in [0.2, 0.25) is 0 Å². The van der Waals surface area contributed by atoms with Gasteiger partial charge >= 0.3 is 0 Å². The Morgan fingerprint density at radius 1 is 1.17 bits per heavy atom. The van der Waals surface area contributed by atoms with E-state index in [9.17, 15) is 0 Å². The van der Waals surface area contributed by atoms with Crippen molar-refractivity contribution in [2.24, 2.45) is 23.5 Å². The number of rotatable bonds is 2. The lowest BCUT2D eigenvalue weighted by Gasteiger charge is -2.35. The predicted molar refractivity (Wildman–Crippen MR) is 84.4 cm³/mol. The lowest BCUT2D eigenvalue weighted by Crippen LogP contribution is -2.29. The summed E-state index contributed by atoms with van der Waals surface area (Å²) in [6.45, 7) is 4.72. The van der Waals surface area contributed by atoms with Crippen LogP contribution in [-0.2, 0) is 0 Å². The van der Waals surface area contributed by atoms with Crippen molar-refractivity contribution in [2.45, 2.75) is 39.2 Å². The van der Waals surface area contributed by atoms with Crippen molar-refractivity contribution in [3.63, 3.8) is 0 Å². The molecule has 4 unspecified atom stereocenters. The van der Waals surface area contributed by atoms with Crippen molar-refractivity contribution < 1.29 is 0 Å². The van der Waals surface area contributed by atoms with Crippen molar-refractivity contribution in [3.05, 3.63) is 32.7 Å². The summed E-state index contributed by atoms with van der Waals surface area (Å²) < 4.78 is 2.23. The van der Waals surface area contributed by atoms with Crippen LogP contribution in [0.4, 0.5) is 0 Å². The van der Waals surface area contributed by atoms with E-state index >= 15 is 0 Å². The van der Waals surface area contributed by atoms with E-state index in [2.05, 4.69) is 57.8 Å². The summed E-state index contributed by atoms with van der Waals surface area (Å²) in [6.07, 6.45) is 3.82. The first-order chi connectivity index (χ1) is 8.49. The Morgan fingerprint density at radius 3 is 2.56 bits per heavy atom. The maximum absolute atomic E-state index is 6.50. The summed E-state index contributed by atoms with van der Waals surface area (Å²) in [6, 6.07) is 6.42. The fraction of sp³-hybridized carbons (Fsp3) is 0.600. The van der Waals surface area contributed by atoms with Crippen LogP contribution in [-0.4, -0.2) is 0 Å². The van der Waals surface area contributed by atoms with Crippen molar-refractivity contribution in [1.29, 1.82) is 0 Å². The van der Waals surface area contributed by atoms with E-state index in [0.717, 1.165) is 20.8 Å². The van der Waals surface area contributed by atoms with Gasteiger partial charge < -0.3 is 5.73 Å². The van der Waals surface area contributed by atoms with Crippen LogP contribution in [0.15, 0.2) is 27.1 Å². The normalized spacial score (nSPS) is 30.2. The molecule has 0 heterocycles. The lowest BCUT2D eigenvalue weighted by atomic mass is 9.72. The van der Waals surface area contributed by atoms with Crippen molar-refractivity contribution in [3.8, 4) is 0 Å². The number of nitrogens with two attached hydrogens (primary N) is 1. The Kier molecular flexibility index (Phi) is 4.90. The number of halogens is 2. The molecule has 1 aliphatic carbocycles. The zero-order valence-corrected chi connectivity index (χ0v) is 14.2. The van der Waals surface area contributed by atoms with Gasteiger partial charge in [-0.25, -0.2) is 0 Å². The van der Waals surface area contributed by atoms with Crippen LogP contribution in [0.1, 0.15) is 44.7 Å². The molecule has 100 valence electrons. The van der Waals surface area contributed by atoms with Crippen LogP contribution in [0, 0.1) is 17.8 Å². The third kappa shape index (κ3) is 3.17. The molecule has 2 rings (SSSR count). The monoisotopic (exact) mass is 373 g/mol. The highest BCUT2D eigenvalue weighted by molar-refractivity contribution is 9.11. The first-order valence-corrected chi connectivity index (χ1v) is 8.28. The Balaban J connectivity index is 2.16. The zero-order chi connectivity index (χ0) is 13.3. The third-order valence-corrected chi connectivity index (χ3v) is 5.68. The fourth-order valence-corrected chi connectivity index (χ4v) is 3.83. The van der Waals surface area contributed by atoms with E-state index in [-0.39, 0.29) is 6.04 Å². The standard InChI is InChI=1S/C15H21Br2N/c1-9-3-4-11(7-10(9)2)15(18)13-8-12(16)5-6-14(13)17/h5-6,8-11,15H,3-4,7,18H2,1-2H3. The molecule has 1 aromatic carbocycles. The minimum absolute atomic E-state index is 0.145. The summed E-state index contributed by atoms with van der Waals surface area (Å²) in [5.41, 5.74) is 7.73. The van der Waals surface area contributed by atoms with Crippen LogP contribution in [0.25, 0.3) is 0 Å². The topological polar surface area (TPSA) is 26.0 Å². The molecule has 1 aliphatic rings. The van der Waals surface area contributed by atoms with Crippen LogP contribution in [0.5, 0.6) is 0 Å². The van der Waals surface area contributed by atoms with E-state index < -0.39 is 0 Å². The third-order valence-electron chi connectivity index (χ3n) is 4.46. The molecule has 0 bridgehead atoms. The lowest BCUT2D eigenvalue weighted by molar-refractivity contribution is 0.186. The maximum atomic E-state index is 6.50. The SMILES string of the molecule is CC1CCC(C(N)c2cc(Br)ccc2Br)CC1C. The van der Waals surface area contributed by atoms with Gasteiger partial charge in [-0.3, -0.25) is 0 Å². The molecule has 18 heavy (non-hydrogen) atoms. The van der Waals surface area contributed by atoms with E-state index in [1.54, 1.807) is 0 Å². The van der Waals surface area contributed by atoms with Crippen LogP contribution >= 0.6 is 31.9 Å². The van der Waals surface area contributed by atoms with Gasteiger partial charge in [0.25, 0.3) is 0 Å². The summed E-state index contributed by atoms with van der Waals surface area (Å²) >= 11 is 7.16. The van der Waals surface area contributed by atoms with Crippen molar-refractivity contribution in [1.82, 2.24) is 0 Å². The molecule has 0 amide bonds. The van der Waals surface area contributed by atoms with Crippen molar-refractivity contribution >= 4 is 31.9 Å². The molecule has 0 aliphatic heterocycles. The average molecular weight is 375 g/mol. The number of hydrogen-bond donors (Lipinski definition) is 1. The minimum Gasteiger partial charge on any atom is -0.324 e. The first-order valence-electron chi connectivity index (χ1n) is 6.69. The van der Waals surface area contributed by atoms with Crippen molar-refractivity contribution in [2.75, 3.05) is 0 Å². The minimum atomic E-state index is 0.145. The van der Waals surface area contributed by atoms with Crippen LogP contribution < -0.4 is 5.73 Å². The van der Waals surface area contributed by atoms with Gasteiger partial charge in [0.15, 0.2) is 0 Å². The average Bonchev–Trinajstić information content (AvgIpc) is 2.35. The summed E-state index contributed by atoms with van der Waals surface area (Å²) in [5.74, 6) is 2.25. The molecular formula is C15H21Br2N. The molecular weight excluding hydrogens is 354 g/mol. The second kappa shape index (κ2) is 6.06. The van der Waals surface area contributed by atoms with Gasteiger partial charge in [0.1, 0.15) is 0 Å². The summed E-state index contributed by atoms with van der Waals surface area (Å²) in [4.78, 5) is 0. The largest absolute Gasteiger partial charge is 0.324 e. The van der Waals surface area contributed by atoms with Gasteiger partial charge in [-0.05, 0) is 54.4 Å². The van der Waals surface area contributed by atoms with E-state index in [4.69, 9.17) is 5.73 Å². The Hall–Kier alpha value is 0.140. The van der Waals surface area contributed by atoms with Crippen LogP contribution in [0.3, 0.4) is 0 Å². The molecule has 0 radical (unpaired) electrons. The number of hydrogen-bond acceptors (Lipinski definition) is 1. The quantitative estimate of drug-likeness (QED) is 0.748. The molecule has 0 spiro atoms.